The molecule has 1 aliphatic heterocycles. The highest BCUT2D eigenvalue weighted by Gasteiger charge is 2.25. The van der Waals surface area contributed by atoms with Gasteiger partial charge in [-0.05, 0) is 31.7 Å². The van der Waals surface area contributed by atoms with E-state index in [-0.39, 0.29) is 0 Å². The van der Waals surface area contributed by atoms with Gasteiger partial charge in [-0.1, -0.05) is 20.8 Å². The van der Waals surface area contributed by atoms with E-state index in [0.717, 1.165) is 23.8 Å². The van der Waals surface area contributed by atoms with Gasteiger partial charge in [-0.25, -0.2) is 0 Å². The molecule has 0 spiro atoms. The highest BCUT2D eigenvalue weighted by molar-refractivity contribution is 7.99. The average molecular weight is 230 g/mol. The summed E-state index contributed by atoms with van der Waals surface area (Å²) in [5.74, 6) is 0.799. The van der Waals surface area contributed by atoms with Crippen molar-refractivity contribution in [3.05, 3.63) is 0 Å². The van der Waals surface area contributed by atoms with Crippen LogP contribution in [0.1, 0.15) is 27.2 Å². The minimum atomic E-state index is 0.746. The molecule has 0 saturated carbocycles. The number of likely N-dealkylation sites (tertiary alicyclic amines) is 1. The second kappa shape index (κ2) is 6.77. The molecule has 2 nitrogen and oxygen atoms in total. The molecule has 90 valence electrons. The molecule has 1 heterocycles. The first kappa shape index (κ1) is 13.3. The fraction of sp³-hybridized carbons (Fsp3) is 1.00. The van der Waals surface area contributed by atoms with Crippen molar-refractivity contribution < 1.29 is 0 Å². The Morgan fingerprint density at radius 1 is 1.53 bits per heavy atom. The van der Waals surface area contributed by atoms with Gasteiger partial charge in [0.05, 0.1) is 0 Å². The molecule has 3 heteroatoms. The van der Waals surface area contributed by atoms with Crippen LogP contribution in [0.4, 0.5) is 0 Å². The van der Waals surface area contributed by atoms with E-state index in [1.165, 1.54) is 26.1 Å². The number of hydrogen-bond donors (Lipinski definition) is 1. The highest BCUT2D eigenvalue weighted by Crippen LogP contribution is 2.18. The molecule has 1 fully saturated rings. The van der Waals surface area contributed by atoms with Crippen molar-refractivity contribution >= 4 is 11.8 Å². The molecule has 1 aliphatic rings. The van der Waals surface area contributed by atoms with Crippen molar-refractivity contribution in [2.24, 2.45) is 5.92 Å². The van der Waals surface area contributed by atoms with E-state index in [4.69, 9.17) is 0 Å². The third kappa shape index (κ3) is 4.33. The summed E-state index contributed by atoms with van der Waals surface area (Å²) in [7, 11) is 0. The number of nitrogens with one attached hydrogen (secondary N) is 1. The average Bonchev–Trinajstić information content (AvgIpc) is 2.22. The molecule has 0 aliphatic carbocycles. The van der Waals surface area contributed by atoms with Crippen LogP contribution >= 0.6 is 11.8 Å². The Kier molecular flexibility index (Phi) is 6.02. The number of hydrogen-bond acceptors (Lipinski definition) is 3. The van der Waals surface area contributed by atoms with Gasteiger partial charge in [-0.15, -0.1) is 0 Å². The summed E-state index contributed by atoms with van der Waals surface area (Å²) in [6, 6.07) is 0.746. The van der Waals surface area contributed by atoms with Crippen molar-refractivity contribution in [1.82, 2.24) is 10.2 Å². The standard InChI is InChI=1S/C12H26N2S/c1-5-13-12-6-7-14(8-10(12)2)9-11(3)15-4/h10-13H,5-9H2,1-4H3. The van der Waals surface area contributed by atoms with E-state index in [9.17, 15) is 0 Å². The first-order valence-electron chi connectivity index (χ1n) is 6.15. The molecule has 0 aromatic carbocycles. The minimum Gasteiger partial charge on any atom is -0.314 e. The van der Waals surface area contributed by atoms with Crippen LogP contribution < -0.4 is 5.32 Å². The van der Waals surface area contributed by atoms with Crippen LogP contribution in [-0.4, -0.2) is 48.6 Å². The second-order valence-electron chi connectivity index (χ2n) is 4.74. The Hall–Kier alpha value is 0.270. The predicted octanol–water partition coefficient (Wildman–Crippen LogP) is 2.06. The molecular formula is C12H26N2S. The molecule has 1 rings (SSSR count). The van der Waals surface area contributed by atoms with Crippen LogP contribution in [0.25, 0.3) is 0 Å². The molecular weight excluding hydrogens is 204 g/mol. The van der Waals surface area contributed by atoms with Crippen molar-refractivity contribution in [1.29, 1.82) is 0 Å². The Morgan fingerprint density at radius 3 is 2.80 bits per heavy atom. The van der Waals surface area contributed by atoms with E-state index < -0.39 is 0 Å². The minimum absolute atomic E-state index is 0.746. The first-order valence-corrected chi connectivity index (χ1v) is 7.44. The van der Waals surface area contributed by atoms with Gasteiger partial charge in [0.15, 0.2) is 0 Å². The van der Waals surface area contributed by atoms with E-state index in [1.54, 1.807) is 0 Å². The molecule has 1 saturated heterocycles. The fourth-order valence-corrected chi connectivity index (χ4v) is 2.76. The zero-order valence-corrected chi connectivity index (χ0v) is 11.4. The zero-order valence-electron chi connectivity index (χ0n) is 10.6. The highest BCUT2D eigenvalue weighted by atomic mass is 32.2. The lowest BCUT2D eigenvalue weighted by Gasteiger charge is -2.38. The Morgan fingerprint density at radius 2 is 2.27 bits per heavy atom. The molecule has 0 amide bonds. The molecule has 0 aromatic heterocycles. The van der Waals surface area contributed by atoms with E-state index in [2.05, 4.69) is 37.2 Å². The lowest BCUT2D eigenvalue weighted by molar-refractivity contribution is 0.150. The van der Waals surface area contributed by atoms with Crippen LogP contribution in [0, 0.1) is 5.92 Å². The number of piperidine rings is 1. The van der Waals surface area contributed by atoms with Gasteiger partial charge in [0.1, 0.15) is 0 Å². The largest absolute Gasteiger partial charge is 0.314 e. The smallest absolute Gasteiger partial charge is 0.0143 e. The van der Waals surface area contributed by atoms with Crippen molar-refractivity contribution in [2.75, 3.05) is 32.4 Å². The second-order valence-corrected chi connectivity index (χ2v) is 6.01. The summed E-state index contributed by atoms with van der Waals surface area (Å²) in [6.07, 6.45) is 3.52. The molecule has 1 N–H and O–H groups in total. The molecule has 0 aromatic rings. The SMILES string of the molecule is CCNC1CCN(CC(C)SC)CC1C. The van der Waals surface area contributed by atoms with Gasteiger partial charge in [-0.3, -0.25) is 0 Å². The number of thioether (sulfide) groups is 1. The van der Waals surface area contributed by atoms with Crippen molar-refractivity contribution in [3.63, 3.8) is 0 Å². The van der Waals surface area contributed by atoms with Crippen LogP contribution in [-0.2, 0) is 0 Å². The first-order chi connectivity index (χ1) is 7.17. The molecule has 3 atom stereocenters. The zero-order chi connectivity index (χ0) is 11.3. The van der Waals surface area contributed by atoms with Gasteiger partial charge in [-0.2, -0.15) is 11.8 Å². The quantitative estimate of drug-likeness (QED) is 0.778. The number of rotatable bonds is 5. The topological polar surface area (TPSA) is 15.3 Å². The third-order valence-electron chi connectivity index (χ3n) is 3.37. The third-order valence-corrected chi connectivity index (χ3v) is 4.33. The summed E-state index contributed by atoms with van der Waals surface area (Å²) < 4.78 is 0. The summed E-state index contributed by atoms with van der Waals surface area (Å²) in [4.78, 5) is 2.62. The van der Waals surface area contributed by atoms with Gasteiger partial charge in [0.2, 0.25) is 0 Å². The lowest BCUT2D eigenvalue weighted by atomic mass is 9.94. The number of nitrogens with zero attached hydrogens (tertiary/aromatic N) is 1. The molecule has 3 unspecified atom stereocenters. The van der Waals surface area contributed by atoms with Gasteiger partial charge in [0.25, 0.3) is 0 Å². The summed E-state index contributed by atoms with van der Waals surface area (Å²) in [5, 5.41) is 4.36. The van der Waals surface area contributed by atoms with Crippen LogP contribution in [0.3, 0.4) is 0 Å². The Labute approximate surface area is 99.2 Å². The molecule has 15 heavy (non-hydrogen) atoms. The monoisotopic (exact) mass is 230 g/mol. The lowest BCUT2D eigenvalue weighted by Crippen LogP contribution is -2.49. The Bertz CT molecular complexity index is 175. The van der Waals surface area contributed by atoms with E-state index >= 15 is 0 Å². The van der Waals surface area contributed by atoms with Crippen molar-refractivity contribution in [3.8, 4) is 0 Å². The van der Waals surface area contributed by atoms with Crippen LogP contribution in [0.2, 0.25) is 0 Å². The van der Waals surface area contributed by atoms with E-state index in [1.807, 2.05) is 11.8 Å². The maximum absolute atomic E-state index is 3.59. The maximum atomic E-state index is 3.59. The van der Waals surface area contributed by atoms with Gasteiger partial charge < -0.3 is 10.2 Å². The predicted molar refractivity (Wildman–Crippen MR) is 70.7 cm³/mol. The van der Waals surface area contributed by atoms with Crippen LogP contribution in [0.5, 0.6) is 0 Å². The summed E-state index contributed by atoms with van der Waals surface area (Å²) in [5.41, 5.74) is 0. The Balaban J connectivity index is 2.30. The van der Waals surface area contributed by atoms with Crippen LogP contribution in [0.15, 0.2) is 0 Å². The normalized spacial score (nSPS) is 30.4. The van der Waals surface area contributed by atoms with Gasteiger partial charge >= 0.3 is 0 Å². The van der Waals surface area contributed by atoms with Gasteiger partial charge in [0, 0.05) is 24.4 Å². The molecule has 0 bridgehead atoms. The maximum Gasteiger partial charge on any atom is 0.0143 e. The van der Waals surface area contributed by atoms with E-state index in [0.29, 0.717) is 0 Å². The fourth-order valence-electron chi connectivity index (χ4n) is 2.40. The summed E-state index contributed by atoms with van der Waals surface area (Å²) in [6.45, 7) is 11.8. The summed E-state index contributed by atoms with van der Waals surface area (Å²) >= 11 is 1.97. The molecule has 0 radical (unpaired) electrons. The van der Waals surface area contributed by atoms with Crippen molar-refractivity contribution in [2.45, 2.75) is 38.5 Å².